The number of aromatic hydroxyl groups is 2. The number of nitrogens with zero attached hydrogens (tertiary/aromatic N) is 5. The topological polar surface area (TPSA) is 108 Å². The summed E-state index contributed by atoms with van der Waals surface area (Å²) < 4.78 is 0. The average Bonchev–Trinajstić information content (AvgIpc) is 2.95. The van der Waals surface area contributed by atoms with Gasteiger partial charge in [-0.25, -0.2) is 0 Å². The predicted molar refractivity (Wildman–Crippen MR) is 80.3 cm³/mol. The predicted octanol–water partition coefficient (Wildman–Crippen LogP) is 1.71. The van der Waals surface area contributed by atoms with Crippen LogP contribution in [0.3, 0.4) is 0 Å². The summed E-state index contributed by atoms with van der Waals surface area (Å²) in [5.41, 5.74) is 1.25. The molecule has 22 heavy (non-hydrogen) atoms. The molecule has 0 unspecified atom stereocenters. The number of hydrogen-bond acceptors (Lipinski definition) is 7. The van der Waals surface area contributed by atoms with Crippen molar-refractivity contribution in [2.75, 3.05) is 5.32 Å². The van der Waals surface area contributed by atoms with Crippen molar-refractivity contribution in [2.24, 2.45) is 5.10 Å². The minimum absolute atomic E-state index is 0.0245. The number of hydrogen-bond donors (Lipinski definition) is 3. The van der Waals surface area contributed by atoms with E-state index in [1.807, 2.05) is 30.3 Å². The number of benzene rings is 2. The van der Waals surface area contributed by atoms with Crippen LogP contribution in [0.5, 0.6) is 11.5 Å². The van der Waals surface area contributed by atoms with E-state index in [-0.39, 0.29) is 11.5 Å². The van der Waals surface area contributed by atoms with Gasteiger partial charge in [-0.15, -0.1) is 0 Å². The Labute approximate surface area is 125 Å². The molecule has 0 radical (unpaired) electrons. The average molecular weight is 296 g/mol. The van der Waals surface area contributed by atoms with Gasteiger partial charge in [0.05, 0.1) is 6.21 Å². The Morgan fingerprint density at radius 3 is 2.68 bits per heavy atom. The van der Waals surface area contributed by atoms with Crippen molar-refractivity contribution in [1.82, 2.24) is 20.3 Å². The highest BCUT2D eigenvalue weighted by Crippen LogP contribution is 2.21. The molecule has 2 aromatic carbocycles. The molecule has 0 atom stereocenters. The van der Waals surface area contributed by atoms with E-state index in [2.05, 4.69) is 25.9 Å². The largest absolute Gasteiger partial charge is 0.508 e. The molecular weight excluding hydrogens is 284 g/mol. The first-order valence-corrected chi connectivity index (χ1v) is 6.39. The van der Waals surface area contributed by atoms with Gasteiger partial charge in [-0.1, -0.05) is 28.1 Å². The smallest absolute Gasteiger partial charge is 0.269 e. The van der Waals surface area contributed by atoms with Gasteiger partial charge in [0, 0.05) is 17.3 Å². The molecule has 0 saturated heterocycles. The van der Waals surface area contributed by atoms with Gasteiger partial charge in [-0.3, -0.25) is 0 Å². The molecule has 110 valence electrons. The molecule has 0 bridgehead atoms. The Kier molecular flexibility index (Phi) is 3.65. The van der Waals surface area contributed by atoms with Crippen LogP contribution in [0.2, 0.25) is 0 Å². The van der Waals surface area contributed by atoms with E-state index in [1.54, 1.807) is 0 Å². The van der Waals surface area contributed by atoms with Gasteiger partial charge in [0.2, 0.25) is 0 Å². The van der Waals surface area contributed by atoms with Crippen molar-refractivity contribution in [3.8, 4) is 11.5 Å². The second-order valence-electron chi connectivity index (χ2n) is 4.37. The molecule has 0 aliphatic rings. The van der Waals surface area contributed by atoms with E-state index < -0.39 is 0 Å². The SMILES string of the molecule is Oc1ccc(C=Nn2nnnc2Nc2ccccc2)c(O)c1. The van der Waals surface area contributed by atoms with Gasteiger partial charge in [-0.05, 0) is 34.7 Å². The summed E-state index contributed by atoms with van der Waals surface area (Å²) in [6.07, 6.45) is 1.39. The number of nitrogens with one attached hydrogen (secondary N) is 1. The second kappa shape index (κ2) is 5.92. The number of phenolic OH excluding ortho intramolecular Hbond substituents is 2. The number of tetrazole rings is 1. The zero-order valence-electron chi connectivity index (χ0n) is 11.3. The Morgan fingerprint density at radius 2 is 1.91 bits per heavy atom. The lowest BCUT2D eigenvalue weighted by atomic mass is 10.2. The Balaban J connectivity index is 1.81. The highest BCUT2D eigenvalue weighted by Gasteiger charge is 2.05. The summed E-state index contributed by atoms with van der Waals surface area (Å²) in [5.74, 6) is 0.221. The number of para-hydroxylation sites is 1. The molecule has 1 aromatic heterocycles. The zero-order valence-corrected chi connectivity index (χ0v) is 11.3. The third-order valence-corrected chi connectivity index (χ3v) is 2.80. The lowest BCUT2D eigenvalue weighted by Crippen LogP contribution is -2.01. The molecule has 3 rings (SSSR count). The van der Waals surface area contributed by atoms with E-state index in [4.69, 9.17) is 0 Å². The van der Waals surface area contributed by atoms with Crippen molar-refractivity contribution < 1.29 is 10.2 Å². The molecule has 0 aliphatic heterocycles. The maximum Gasteiger partial charge on any atom is 0.269 e. The lowest BCUT2D eigenvalue weighted by Gasteiger charge is -2.03. The van der Waals surface area contributed by atoms with E-state index in [1.165, 1.54) is 29.2 Å². The maximum atomic E-state index is 9.70. The molecule has 0 spiro atoms. The molecule has 0 fully saturated rings. The molecule has 8 heteroatoms. The zero-order chi connectivity index (χ0) is 15.4. The maximum absolute atomic E-state index is 9.70. The molecule has 0 aliphatic carbocycles. The molecule has 8 nitrogen and oxygen atoms in total. The van der Waals surface area contributed by atoms with Crippen molar-refractivity contribution >= 4 is 17.9 Å². The summed E-state index contributed by atoms with van der Waals surface area (Å²) in [5, 5.41) is 37.2. The van der Waals surface area contributed by atoms with Crippen molar-refractivity contribution in [3.05, 3.63) is 54.1 Å². The van der Waals surface area contributed by atoms with E-state index >= 15 is 0 Å². The second-order valence-corrected chi connectivity index (χ2v) is 4.37. The van der Waals surface area contributed by atoms with Gasteiger partial charge in [-0.2, -0.15) is 5.10 Å². The molecule has 3 N–H and O–H groups in total. The van der Waals surface area contributed by atoms with Gasteiger partial charge in [0.25, 0.3) is 5.95 Å². The van der Waals surface area contributed by atoms with Crippen LogP contribution in [0.1, 0.15) is 5.56 Å². The van der Waals surface area contributed by atoms with Crippen LogP contribution >= 0.6 is 0 Å². The van der Waals surface area contributed by atoms with Crippen molar-refractivity contribution in [2.45, 2.75) is 0 Å². The fourth-order valence-electron chi connectivity index (χ4n) is 1.74. The Hall–Kier alpha value is -3.42. The first kappa shape index (κ1) is 13.6. The Bertz CT molecular complexity index is 800. The summed E-state index contributed by atoms with van der Waals surface area (Å²) >= 11 is 0. The molecule has 1 heterocycles. The normalized spacial score (nSPS) is 10.9. The number of phenols is 2. The van der Waals surface area contributed by atoms with Gasteiger partial charge >= 0.3 is 0 Å². The minimum Gasteiger partial charge on any atom is -0.508 e. The standard InChI is InChI=1S/C14H12N6O2/c21-12-7-6-10(13(22)8-12)9-15-20-14(17-18-19-20)16-11-4-2-1-3-5-11/h1-9,21-22H,(H,16,17,19). The van der Waals surface area contributed by atoms with Crippen LogP contribution in [0.4, 0.5) is 11.6 Å². The van der Waals surface area contributed by atoms with Crippen LogP contribution < -0.4 is 5.32 Å². The lowest BCUT2D eigenvalue weighted by molar-refractivity contribution is 0.450. The van der Waals surface area contributed by atoms with Crippen molar-refractivity contribution in [1.29, 1.82) is 0 Å². The fourth-order valence-corrected chi connectivity index (χ4v) is 1.74. The third kappa shape index (κ3) is 3.01. The fraction of sp³-hybridized carbons (Fsp3) is 0. The highest BCUT2D eigenvalue weighted by atomic mass is 16.3. The summed E-state index contributed by atoms with van der Waals surface area (Å²) in [6, 6.07) is 13.6. The van der Waals surface area contributed by atoms with Crippen LogP contribution in [0, 0.1) is 0 Å². The van der Waals surface area contributed by atoms with Crippen molar-refractivity contribution in [3.63, 3.8) is 0 Å². The quantitative estimate of drug-likeness (QED) is 0.632. The van der Waals surface area contributed by atoms with Gasteiger partial charge in [0.15, 0.2) is 0 Å². The first-order chi connectivity index (χ1) is 10.7. The van der Waals surface area contributed by atoms with Crippen LogP contribution in [-0.4, -0.2) is 36.7 Å². The number of anilines is 2. The Morgan fingerprint density at radius 1 is 1.09 bits per heavy atom. The third-order valence-electron chi connectivity index (χ3n) is 2.80. The van der Waals surface area contributed by atoms with E-state index in [9.17, 15) is 10.2 Å². The molecule has 0 amide bonds. The summed E-state index contributed by atoms with van der Waals surface area (Å²) in [6.45, 7) is 0. The highest BCUT2D eigenvalue weighted by molar-refractivity contribution is 5.83. The van der Waals surface area contributed by atoms with Gasteiger partial charge < -0.3 is 15.5 Å². The summed E-state index contributed by atoms with van der Waals surface area (Å²) in [4.78, 5) is 1.19. The first-order valence-electron chi connectivity index (χ1n) is 6.39. The molecular formula is C14H12N6O2. The van der Waals surface area contributed by atoms with E-state index in [0.29, 0.717) is 11.5 Å². The van der Waals surface area contributed by atoms with Gasteiger partial charge in [0.1, 0.15) is 11.5 Å². The molecule has 0 saturated carbocycles. The summed E-state index contributed by atoms with van der Waals surface area (Å²) in [7, 11) is 0. The van der Waals surface area contributed by atoms with Crippen LogP contribution in [0.15, 0.2) is 53.6 Å². The number of aromatic nitrogens is 4. The number of rotatable bonds is 4. The molecule has 3 aromatic rings. The monoisotopic (exact) mass is 296 g/mol. The van der Waals surface area contributed by atoms with E-state index in [0.717, 1.165) is 5.69 Å². The van der Waals surface area contributed by atoms with Crippen LogP contribution in [-0.2, 0) is 0 Å². The van der Waals surface area contributed by atoms with Crippen LogP contribution in [0.25, 0.3) is 0 Å². The minimum atomic E-state index is -0.0885.